The van der Waals surface area contributed by atoms with Gasteiger partial charge in [0.15, 0.2) is 0 Å². The Bertz CT molecular complexity index is 768. The minimum Gasteiger partial charge on any atom is -0.339 e. The summed E-state index contributed by atoms with van der Waals surface area (Å²) in [7, 11) is 1.72. The molecule has 7 heteroatoms. The van der Waals surface area contributed by atoms with Gasteiger partial charge in [0.05, 0.1) is 22.9 Å². The highest BCUT2D eigenvalue weighted by atomic mass is 35.5. The van der Waals surface area contributed by atoms with Crippen LogP contribution < -0.4 is 5.56 Å². The van der Waals surface area contributed by atoms with Gasteiger partial charge < -0.3 is 4.90 Å². The Morgan fingerprint density at radius 2 is 2.27 bits per heavy atom. The zero-order valence-corrected chi connectivity index (χ0v) is 13.8. The van der Waals surface area contributed by atoms with Crippen LogP contribution in [0, 0.1) is 0 Å². The first-order valence-corrected chi connectivity index (χ1v) is 8.29. The summed E-state index contributed by atoms with van der Waals surface area (Å²) in [6.07, 6.45) is 4.08. The molecule has 1 amide bonds. The van der Waals surface area contributed by atoms with Gasteiger partial charge in [0, 0.05) is 17.5 Å². The van der Waals surface area contributed by atoms with Crippen LogP contribution in [0.5, 0.6) is 0 Å². The average Bonchev–Trinajstić information content (AvgIpc) is 3.11. The first-order chi connectivity index (χ1) is 10.5. The van der Waals surface area contributed by atoms with Crippen molar-refractivity contribution in [1.29, 1.82) is 0 Å². The first-order valence-electron chi connectivity index (χ1n) is 7.10. The average molecular weight is 338 g/mol. The number of amides is 1. The molecule has 0 bridgehead atoms. The van der Waals surface area contributed by atoms with E-state index in [1.807, 2.05) is 12.1 Å². The van der Waals surface area contributed by atoms with Crippen LogP contribution in [0.4, 0.5) is 0 Å². The predicted molar refractivity (Wildman–Crippen MR) is 86.3 cm³/mol. The molecule has 22 heavy (non-hydrogen) atoms. The van der Waals surface area contributed by atoms with Crippen LogP contribution in [-0.2, 0) is 30.7 Å². The molecule has 3 rings (SSSR count). The van der Waals surface area contributed by atoms with Gasteiger partial charge in [0.1, 0.15) is 6.54 Å². The van der Waals surface area contributed by atoms with Gasteiger partial charge in [-0.25, -0.2) is 4.98 Å². The topological polar surface area (TPSA) is 55.2 Å². The maximum absolute atomic E-state index is 12.3. The lowest BCUT2D eigenvalue weighted by atomic mass is 10.2. The third kappa shape index (κ3) is 3.08. The lowest BCUT2D eigenvalue weighted by Gasteiger charge is -2.17. The van der Waals surface area contributed by atoms with E-state index in [9.17, 15) is 9.59 Å². The number of aromatic nitrogens is 2. The number of halogens is 1. The van der Waals surface area contributed by atoms with E-state index in [-0.39, 0.29) is 18.0 Å². The van der Waals surface area contributed by atoms with Crippen molar-refractivity contribution in [1.82, 2.24) is 14.5 Å². The molecule has 2 heterocycles. The van der Waals surface area contributed by atoms with Crippen molar-refractivity contribution in [2.24, 2.45) is 0 Å². The minimum absolute atomic E-state index is 0.0225. The highest BCUT2D eigenvalue weighted by molar-refractivity contribution is 7.16. The van der Waals surface area contributed by atoms with Gasteiger partial charge in [-0.3, -0.25) is 14.2 Å². The third-order valence-electron chi connectivity index (χ3n) is 3.81. The monoisotopic (exact) mass is 337 g/mol. The van der Waals surface area contributed by atoms with E-state index < -0.39 is 0 Å². The summed E-state index contributed by atoms with van der Waals surface area (Å²) in [5, 5.41) is 0. The molecule has 0 aliphatic heterocycles. The molecule has 5 nitrogen and oxygen atoms in total. The summed E-state index contributed by atoms with van der Waals surface area (Å²) in [6, 6.07) is 3.72. The summed E-state index contributed by atoms with van der Waals surface area (Å²) in [5.74, 6) is -0.119. The van der Waals surface area contributed by atoms with E-state index in [0.717, 1.165) is 35.4 Å². The Balaban J connectivity index is 1.70. The van der Waals surface area contributed by atoms with Crippen LogP contribution in [0.3, 0.4) is 0 Å². The maximum Gasteiger partial charge on any atom is 0.257 e. The molecular formula is C15H16ClN3O2S. The lowest BCUT2D eigenvalue weighted by molar-refractivity contribution is -0.131. The van der Waals surface area contributed by atoms with Crippen LogP contribution >= 0.6 is 22.9 Å². The Kier molecular flexibility index (Phi) is 4.31. The van der Waals surface area contributed by atoms with Gasteiger partial charge in [-0.15, -0.1) is 11.3 Å². The normalized spacial score (nSPS) is 13.2. The van der Waals surface area contributed by atoms with Crippen molar-refractivity contribution in [3.8, 4) is 0 Å². The molecule has 0 spiro atoms. The summed E-state index contributed by atoms with van der Waals surface area (Å²) in [4.78, 5) is 31.5. The molecule has 0 radical (unpaired) electrons. The summed E-state index contributed by atoms with van der Waals surface area (Å²) < 4.78 is 2.11. The highest BCUT2D eigenvalue weighted by Crippen LogP contribution is 2.22. The van der Waals surface area contributed by atoms with Gasteiger partial charge in [0.2, 0.25) is 5.91 Å². The number of nitrogens with zero attached hydrogens (tertiary/aromatic N) is 3. The number of carbonyl (C=O) groups excluding carboxylic acids is 1. The Morgan fingerprint density at radius 3 is 3.00 bits per heavy atom. The van der Waals surface area contributed by atoms with E-state index in [1.165, 1.54) is 22.2 Å². The van der Waals surface area contributed by atoms with E-state index in [0.29, 0.717) is 10.9 Å². The molecule has 0 aromatic carbocycles. The number of fused-ring (bicyclic) bond motifs is 1. The zero-order chi connectivity index (χ0) is 15.7. The molecular weight excluding hydrogens is 322 g/mol. The SMILES string of the molecule is CN(Cc1ccc(Cl)s1)C(=O)Cn1cnc2c(c1=O)CCC2. The van der Waals surface area contributed by atoms with Gasteiger partial charge in [-0.05, 0) is 31.4 Å². The maximum atomic E-state index is 12.3. The quantitative estimate of drug-likeness (QED) is 0.858. The number of carbonyl (C=O) groups is 1. The second-order valence-corrected chi connectivity index (χ2v) is 7.21. The second kappa shape index (κ2) is 6.22. The second-order valence-electron chi connectivity index (χ2n) is 5.41. The zero-order valence-electron chi connectivity index (χ0n) is 12.2. The molecule has 1 aliphatic carbocycles. The van der Waals surface area contributed by atoms with E-state index >= 15 is 0 Å². The fraction of sp³-hybridized carbons (Fsp3) is 0.400. The van der Waals surface area contributed by atoms with Crippen molar-refractivity contribution < 1.29 is 4.79 Å². The van der Waals surface area contributed by atoms with Gasteiger partial charge >= 0.3 is 0 Å². The Morgan fingerprint density at radius 1 is 1.45 bits per heavy atom. The number of hydrogen-bond acceptors (Lipinski definition) is 4. The van der Waals surface area contributed by atoms with Gasteiger partial charge in [-0.1, -0.05) is 11.6 Å². The fourth-order valence-electron chi connectivity index (χ4n) is 2.60. The number of aryl methyl sites for hydroxylation is 1. The molecule has 0 fully saturated rings. The Labute approximate surface area is 137 Å². The van der Waals surface area contributed by atoms with Crippen molar-refractivity contribution in [3.63, 3.8) is 0 Å². The first kappa shape index (κ1) is 15.2. The van der Waals surface area contributed by atoms with E-state index in [1.54, 1.807) is 11.9 Å². The molecule has 0 N–H and O–H groups in total. The Hall–Kier alpha value is -1.66. The van der Waals surface area contributed by atoms with Crippen LogP contribution in [0.15, 0.2) is 23.3 Å². The van der Waals surface area contributed by atoms with E-state index in [4.69, 9.17) is 11.6 Å². The predicted octanol–water partition coefficient (Wildman–Crippen LogP) is 2.11. The van der Waals surface area contributed by atoms with Gasteiger partial charge in [-0.2, -0.15) is 0 Å². The number of thiophene rings is 1. The summed E-state index contributed by atoms with van der Waals surface area (Å²) in [5.41, 5.74) is 1.57. The molecule has 0 atom stereocenters. The van der Waals surface area contributed by atoms with E-state index in [2.05, 4.69) is 4.98 Å². The molecule has 2 aromatic heterocycles. The number of rotatable bonds is 4. The number of likely N-dealkylation sites (N-methyl/N-ethyl adjacent to an activating group) is 1. The summed E-state index contributed by atoms with van der Waals surface area (Å²) >= 11 is 7.34. The minimum atomic E-state index is -0.119. The smallest absolute Gasteiger partial charge is 0.257 e. The fourth-order valence-corrected chi connectivity index (χ4v) is 3.74. The van der Waals surface area contributed by atoms with Gasteiger partial charge in [0.25, 0.3) is 5.56 Å². The number of hydrogen-bond donors (Lipinski definition) is 0. The molecule has 0 saturated carbocycles. The molecule has 0 saturated heterocycles. The molecule has 2 aromatic rings. The highest BCUT2D eigenvalue weighted by Gasteiger charge is 2.19. The van der Waals surface area contributed by atoms with Crippen molar-refractivity contribution in [2.45, 2.75) is 32.4 Å². The van der Waals surface area contributed by atoms with Crippen molar-refractivity contribution >= 4 is 28.8 Å². The largest absolute Gasteiger partial charge is 0.339 e. The standard InChI is InChI=1S/C15H16ClN3O2S/c1-18(7-10-5-6-13(16)22-10)14(20)8-19-9-17-12-4-2-3-11(12)15(19)21/h5-6,9H,2-4,7-8H2,1H3. The van der Waals surface area contributed by atoms with Crippen LogP contribution in [0.2, 0.25) is 4.34 Å². The third-order valence-corrected chi connectivity index (χ3v) is 5.03. The van der Waals surface area contributed by atoms with Crippen molar-refractivity contribution in [3.05, 3.63) is 49.3 Å². The van der Waals surface area contributed by atoms with Crippen LogP contribution in [0.1, 0.15) is 22.6 Å². The molecule has 0 unspecified atom stereocenters. The summed E-state index contributed by atoms with van der Waals surface area (Å²) in [6.45, 7) is 0.512. The lowest BCUT2D eigenvalue weighted by Crippen LogP contribution is -2.34. The van der Waals surface area contributed by atoms with Crippen LogP contribution in [-0.4, -0.2) is 27.4 Å². The molecule has 116 valence electrons. The van der Waals surface area contributed by atoms with Crippen molar-refractivity contribution in [2.75, 3.05) is 7.05 Å². The molecule has 1 aliphatic rings. The van der Waals surface area contributed by atoms with Crippen LogP contribution in [0.25, 0.3) is 0 Å².